The first kappa shape index (κ1) is 6.54. The standard InChI is InChI=1S/C9H6N4/c1-2-11-7-3-8-9(13-6(1)7)4-10-5-12-8/h1-5,11H. The van der Waals surface area contributed by atoms with E-state index in [4.69, 9.17) is 0 Å². The molecular formula is C9H6N4. The highest BCUT2D eigenvalue weighted by atomic mass is 14.9. The van der Waals surface area contributed by atoms with Crippen LogP contribution in [0.1, 0.15) is 0 Å². The summed E-state index contributed by atoms with van der Waals surface area (Å²) < 4.78 is 0. The monoisotopic (exact) mass is 170 g/mol. The number of rotatable bonds is 0. The van der Waals surface area contributed by atoms with E-state index < -0.39 is 0 Å². The summed E-state index contributed by atoms with van der Waals surface area (Å²) in [5.74, 6) is 0. The van der Waals surface area contributed by atoms with Crippen molar-refractivity contribution in [3.05, 3.63) is 30.9 Å². The highest BCUT2D eigenvalue weighted by molar-refractivity contribution is 5.88. The minimum absolute atomic E-state index is 0.828. The molecule has 3 aromatic rings. The van der Waals surface area contributed by atoms with E-state index in [0.29, 0.717) is 0 Å². The van der Waals surface area contributed by atoms with E-state index in [1.807, 2.05) is 18.3 Å². The number of H-pyrrole nitrogens is 1. The van der Waals surface area contributed by atoms with Crippen molar-refractivity contribution in [1.82, 2.24) is 19.9 Å². The lowest BCUT2D eigenvalue weighted by Crippen LogP contribution is -1.84. The Morgan fingerprint density at radius 2 is 2.15 bits per heavy atom. The molecule has 0 unspecified atom stereocenters. The second-order valence-electron chi connectivity index (χ2n) is 2.83. The minimum Gasteiger partial charge on any atom is -0.360 e. The van der Waals surface area contributed by atoms with Gasteiger partial charge in [0.05, 0.1) is 22.7 Å². The van der Waals surface area contributed by atoms with Gasteiger partial charge in [0.25, 0.3) is 0 Å². The van der Waals surface area contributed by atoms with E-state index in [-0.39, 0.29) is 0 Å². The fourth-order valence-electron chi connectivity index (χ4n) is 1.38. The van der Waals surface area contributed by atoms with Crippen molar-refractivity contribution in [3.8, 4) is 0 Å². The lowest BCUT2D eigenvalue weighted by atomic mass is 10.3. The van der Waals surface area contributed by atoms with E-state index in [9.17, 15) is 0 Å². The van der Waals surface area contributed by atoms with Crippen LogP contribution in [0.5, 0.6) is 0 Å². The molecule has 0 spiro atoms. The Labute approximate surface area is 73.7 Å². The molecule has 13 heavy (non-hydrogen) atoms. The molecule has 1 N–H and O–H groups in total. The van der Waals surface area contributed by atoms with Gasteiger partial charge in [-0.1, -0.05) is 0 Å². The zero-order valence-electron chi connectivity index (χ0n) is 6.73. The third kappa shape index (κ3) is 0.885. The van der Waals surface area contributed by atoms with Crippen LogP contribution >= 0.6 is 0 Å². The minimum atomic E-state index is 0.828. The van der Waals surface area contributed by atoms with Crippen LogP contribution in [0.2, 0.25) is 0 Å². The SMILES string of the molecule is c1ncc2nc3cc[nH]c3cc2n1. The number of pyridine rings is 1. The zero-order chi connectivity index (χ0) is 8.67. The van der Waals surface area contributed by atoms with E-state index >= 15 is 0 Å². The van der Waals surface area contributed by atoms with Crippen LogP contribution in [0.25, 0.3) is 22.1 Å². The van der Waals surface area contributed by atoms with E-state index in [1.54, 1.807) is 6.20 Å². The average molecular weight is 170 g/mol. The summed E-state index contributed by atoms with van der Waals surface area (Å²) in [4.78, 5) is 15.5. The van der Waals surface area contributed by atoms with E-state index in [2.05, 4.69) is 19.9 Å². The van der Waals surface area contributed by atoms with Gasteiger partial charge in [0.15, 0.2) is 0 Å². The number of nitrogens with one attached hydrogen (secondary N) is 1. The topological polar surface area (TPSA) is 54.5 Å². The highest BCUT2D eigenvalue weighted by Gasteiger charge is 1.99. The quantitative estimate of drug-likeness (QED) is 0.556. The molecule has 4 nitrogen and oxygen atoms in total. The number of aromatic nitrogens is 4. The molecule has 0 amide bonds. The number of fused-ring (bicyclic) bond motifs is 2. The second-order valence-corrected chi connectivity index (χ2v) is 2.83. The van der Waals surface area contributed by atoms with Gasteiger partial charge in [-0.2, -0.15) is 0 Å². The fraction of sp³-hybridized carbons (Fsp3) is 0. The van der Waals surface area contributed by atoms with Crippen molar-refractivity contribution >= 4 is 22.1 Å². The van der Waals surface area contributed by atoms with E-state index in [0.717, 1.165) is 22.1 Å². The molecule has 3 aromatic heterocycles. The predicted octanol–water partition coefficient (Wildman–Crippen LogP) is 1.51. The van der Waals surface area contributed by atoms with Gasteiger partial charge in [-0.05, 0) is 12.1 Å². The summed E-state index contributed by atoms with van der Waals surface area (Å²) >= 11 is 0. The first-order chi connectivity index (χ1) is 6.43. The maximum atomic E-state index is 4.38. The molecule has 0 saturated carbocycles. The van der Waals surface area contributed by atoms with Gasteiger partial charge in [0.1, 0.15) is 11.8 Å². The summed E-state index contributed by atoms with van der Waals surface area (Å²) in [7, 11) is 0. The molecular weight excluding hydrogens is 164 g/mol. The lowest BCUT2D eigenvalue weighted by Gasteiger charge is -1.94. The van der Waals surface area contributed by atoms with Gasteiger partial charge in [0.2, 0.25) is 0 Å². The molecule has 4 heteroatoms. The molecule has 0 bridgehead atoms. The first-order valence-corrected chi connectivity index (χ1v) is 3.97. The molecule has 3 heterocycles. The van der Waals surface area contributed by atoms with Crippen LogP contribution in [0, 0.1) is 0 Å². The highest BCUT2D eigenvalue weighted by Crippen LogP contribution is 2.14. The van der Waals surface area contributed by atoms with Crippen LogP contribution in [0.15, 0.2) is 30.9 Å². The molecule has 0 radical (unpaired) electrons. The largest absolute Gasteiger partial charge is 0.360 e. The van der Waals surface area contributed by atoms with Crippen molar-refractivity contribution < 1.29 is 0 Å². The summed E-state index contributed by atoms with van der Waals surface area (Å²) in [6, 6.07) is 3.90. The van der Waals surface area contributed by atoms with Crippen molar-refractivity contribution in [1.29, 1.82) is 0 Å². The van der Waals surface area contributed by atoms with Crippen LogP contribution < -0.4 is 0 Å². The Hall–Kier alpha value is -1.97. The second kappa shape index (κ2) is 2.26. The summed E-state index contributed by atoms with van der Waals surface area (Å²) in [5.41, 5.74) is 3.65. The smallest absolute Gasteiger partial charge is 0.116 e. The van der Waals surface area contributed by atoms with Crippen LogP contribution in [0.3, 0.4) is 0 Å². The van der Waals surface area contributed by atoms with Crippen molar-refractivity contribution in [2.24, 2.45) is 0 Å². The molecule has 0 aliphatic heterocycles. The Kier molecular flexibility index (Phi) is 1.14. The van der Waals surface area contributed by atoms with Gasteiger partial charge < -0.3 is 4.98 Å². The number of nitrogens with zero attached hydrogens (tertiary/aromatic N) is 3. The number of hydrogen-bond acceptors (Lipinski definition) is 3. The molecule has 0 saturated heterocycles. The Balaban J connectivity index is 2.57. The molecule has 0 aliphatic carbocycles. The Morgan fingerprint density at radius 1 is 1.15 bits per heavy atom. The van der Waals surface area contributed by atoms with Gasteiger partial charge in [-0.3, -0.25) is 0 Å². The molecule has 62 valence electrons. The third-order valence-electron chi connectivity index (χ3n) is 2.00. The zero-order valence-corrected chi connectivity index (χ0v) is 6.73. The summed E-state index contributed by atoms with van der Waals surface area (Å²) in [6.45, 7) is 0. The van der Waals surface area contributed by atoms with E-state index in [1.165, 1.54) is 6.33 Å². The summed E-state index contributed by atoms with van der Waals surface area (Å²) in [5, 5.41) is 0. The van der Waals surface area contributed by atoms with Crippen LogP contribution in [0.4, 0.5) is 0 Å². The maximum absolute atomic E-state index is 4.38. The Bertz CT molecular complexity index is 520. The van der Waals surface area contributed by atoms with Crippen LogP contribution in [-0.4, -0.2) is 19.9 Å². The van der Waals surface area contributed by atoms with Gasteiger partial charge in [0, 0.05) is 6.20 Å². The molecule has 3 rings (SSSR count). The fourth-order valence-corrected chi connectivity index (χ4v) is 1.38. The number of aromatic amines is 1. The van der Waals surface area contributed by atoms with Gasteiger partial charge in [-0.25, -0.2) is 15.0 Å². The van der Waals surface area contributed by atoms with Gasteiger partial charge >= 0.3 is 0 Å². The van der Waals surface area contributed by atoms with Crippen molar-refractivity contribution in [2.45, 2.75) is 0 Å². The molecule has 0 aromatic carbocycles. The molecule has 0 atom stereocenters. The third-order valence-corrected chi connectivity index (χ3v) is 2.00. The first-order valence-electron chi connectivity index (χ1n) is 3.97. The molecule has 0 fully saturated rings. The van der Waals surface area contributed by atoms with Crippen LogP contribution in [-0.2, 0) is 0 Å². The lowest BCUT2D eigenvalue weighted by molar-refractivity contribution is 1.21. The van der Waals surface area contributed by atoms with Crippen molar-refractivity contribution in [2.75, 3.05) is 0 Å². The average Bonchev–Trinajstić information content (AvgIpc) is 2.61. The van der Waals surface area contributed by atoms with Crippen molar-refractivity contribution in [3.63, 3.8) is 0 Å². The predicted molar refractivity (Wildman–Crippen MR) is 49.2 cm³/mol. The summed E-state index contributed by atoms with van der Waals surface area (Å²) in [6.07, 6.45) is 5.11. The van der Waals surface area contributed by atoms with Gasteiger partial charge in [-0.15, -0.1) is 0 Å². The number of hydrogen-bond donors (Lipinski definition) is 1. The normalized spacial score (nSPS) is 11.1. The molecule has 0 aliphatic rings. The maximum Gasteiger partial charge on any atom is 0.116 e. The Morgan fingerprint density at radius 3 is 3.15 bits per heavy atom.